The van der Waals surface area contributed by atoms with E-state index in [1.165, 1.54) is 12.1 Å². The fourth-order valence-electron chi connectivity index (χ4n) is 1.85. The normalized spacial score (nSPS) is 12.2. The maximum atomic E-state index is 12.8. The minimum absolute atomic E-state index is 0.193. The van der Waals surface area contributed by atoms with Crippen molar-refractivity contribution in [1.82, 2.24) is 0 Å². The Morgan fingerprint density at radius 1 is 1.11 bits per heavy atom. The van der Waals surface area contributed by atoms with Gasteiger partial charge in [-0.15, -0.1) is 11.6 Å². The van der Waals surface area contributed by atoms with E-state index in [9.17, 15) is 4.39 Å². The molecule has 94 valence electrons. The number of benzene rings is 2. The summed E-state index contributed by atoms with van der Waals surface area (Å²) >= 11 is 6.34. The molecular weight excluding hydrogens is 251 g/mol. The van der Waals surface area contributed by atoms with E-state index in [-0.39, 0.29) is 11.2 Å². The third kappa shape index (κ3) is 3.02. The van der Waals surface area contributed by atoms with Crippen LogP contribution in [0.4, 0.5) is 4.39 Å². The molecule has 0 heterocycles. The average molecular weight is 265 g/mol. The van der Waals surface area contributed by atoms with E-state index in [4.69, 9.17) is 16.3 Å². The van der Waals surface area contributed by atoms with Crippen molar-refractivity contribution < 1.29 is 9.13 Å². The highest BCUT2D eigenvalue weighted by molar-refractivity contribution is 6.20. The van der Waals surface area contributed by atoms with Crippen LogP contribution in [0, 0.1) is 5.82 Å². The zero-order chi connectivity index (χ0) is 13.0. The molecule has 2 rings (SSSR count). The zero-order valence-corrected chi connectivity index (χ0v) is 10.8. The molecule has 0 aliphatic carbocycles. The Kier molecular flexibility index (Phi) is 4.21. The smallest absolute Gasteiger partial charge is 0.123 e. The van der Waals surface area contributed by atoms with Gasteiger partial charge in [-0.1, -0.05) is 30.3 Å². The number of alkyl halides is 1. The van der Waals surface area contributed by atoms with Crippen LogP contribution < -0.4 is 4.74 Å². The van der Waals surface area contributed by atoms with Crippen molar-refractivity contribution in [2.45, 2.75) is 11.8 Å². The quantitative estimate of drug-likeness (QED) is 0.746. The summed E-state index contributed by atoms with van der Waals surface area (Å²) in [6.45, 7) is 0. The van der Waals surface area contributed by atoms with E-state index >= 15 is 0 Å². The highest BCUT2D eigenvalue weighted by Gasteiger charge is 2.11. The zero-order valence-electron chi connectivity index (χ0n) is 10.1. The van der Waals surface area contributed by atoms with Crippen LogP contribution >= 0.6 is 11.6 Å². The van der Waals surface area contributed by atoms with Crippen molar-refractivity contribution >= 4 is 11.6 Å². The van der Waals surface area contributed by atoms with Gasteiger partial charge in [0.25, 0.3) is 0 Å². The van der Waals surface area contributed by atoms with Gasteiger partial charge < -0.3 is 4.74 Å². The van der Waals surface area contributed by atoms with Gasteiger partial charge in [0, 0.05) is 0 Å². The van der Waals surface area contributed by atoms with Gasteiger partial charge in [0.15, 0.2) is 0 Å². The number of hydrogen-bond donors (Lipinski definition) is 0. The molecule has 1 unspecified atom stereocenters. The summed E-state index contributed by atoms with van der Waals surface area (Å²) in [5.74, 6) is 0.574. The van der Waals surface area contributed by atoms with Crippen LogP contribution in [0.1, 0.15) is 16.5 Å². The van der Waals surface area contributed by atoms with E-state index in [1.807, 2.05) is 24.3 Å². The molecule has 0 fully saturated rings. The molecule has 0 aromatic heterocycles. The topological polar surface area (TPSA) is 9.23 Å². The standard InChI is InChI=1S/C15H14ClFO/c1-18-15-5-3-2-4-12(15)10-14(16)11-6-8-13(17)9-7-11/h2-9,14H,10H2,1H3. The van der Waals surface area contributed by atoms with Crippen LogP contribution in [-0.2, 0) is 6.42 Å². The Morgan fingerprint density at radius 3 is 2.44 bits per heavy atom. The minimum Gasteiger partial charge on any atom is -0.496 e. The summed E-state index contributed by atoms with van der Waals surface area (Å²) in [6.07, 6.45) is 0.650. The lowest BCUT2D eigenvalue weighted by Gasteiger charge is -2.12. The number of rotatable bonds is 4. The van der Waals surface area contributed by atoms with Crippen LogP contribution in [0.5, 0.6) is 5.75 Å². The van der Waals surface area contributed by atoms with Crippen molar-refractivity contribution in [3.05, 3.63) is 65.5 Å². The molecular formula is C15H14ClFO. The van der Waals surface area contributed by atoms with Gasteiger partial charge in [-0.05, 0) is 35.7 Å². The van der Waals surface area contributed by atoms with Gasteiger partial charge in [-0.3, -0.25) is 0 Å². The molecule has 2 aromatic carbocycles. The summed E-state index contributed by atoms with van der Waals surface area (Å²) in [4.78, 5) is 0. The largest absolute Gasteiger partial charge is 0.496 e. The Labute approximate surface area is 111 Å². The molecule has 2 aromatic rings. The molecule has 0 aliphatic rings. The lowest BCUT2D eigenvalue weighted by Crippen LogP contribution is -1.98. The van der Waals surface area contributed by atoms with Crippen LogP contribution in [0.25, 0.3) is 0 Å². The fraction of sp³-hybridized carbons (Fsp3) is 0.200. The molecule has 0 bridgehead atoms. The molecule has 3 heteroatoms. The second-order valence-corrected chi connectivity index (χ2v) is 4.56. The third-order valence-corrected chi connectivity index (χ3v) is 3.23. The second-order valence-electron chi connectivity index (χ2n) is 4.04. The average Bonchev–Trinajstić information content (AvgIpc) is 2.40. The molecule has 0 radical (unpaired) electrons. The predicted molar refractivity (Wildman–Crippen MR) is 71.7 cm³/mol. The predicted octanol–water partition coefficient (Wildman–Crippen LogP) is 4.36. The lowest BCUT2D eigenvalue weighted by molar-refractivity contribution is 0.409. The third-order valence-electron chi connectivity index (χ3n) is 2.82. The van der Waals surface area contributed by atoms with Gasteiger partial charge in [-0.2, -0.15) is 0 Å². The summed E-state index contributed by atoms with van der Waals surface area (Å²) < 4.78 is 18.1. The van der Waals surface area contributed by atoms with Gasteiger partial charge >= 0.3 is 0 Å². The van der Waals surface area contributed by atoms with E-state index in [1.54, 1.807) is 19.2 Å². The first-order chi connectivity index (χ1) is 8.70. The Balaban J connectivity index is 2.15. The minimum atomic E-state index is -0.250. The monoisotopic (exact) mass is 264 g/mol. The van der Waals surface area contributed by atoms with Crippen molar-refractivity contribution in [1.29, 1.82) is 0 Å². The van der Waals surface area contributed by atoms with Gasteiger partial charge in [0.1, 0.15) is 11.6 Å². The summed E-state index contributed by atoms with van der Waals surface area (Å²) in [6, 6.07) is 14.0. The molecule has 0 amide bonds. The number of halogens is 2. The molecule has 0 saturated carbocycles. The van der Waals surface area contributed by atoms with Crippen LogP contribution in [0.3, 0.4) is 0 Å². The van der Waals surface area contributed by atoms with E-state index in [0.29, 0.717) is 6.42 Å². The van der Waals surface area contributed by atoms with Gasteiger partial charge in [0.05, 0.1) is 12.5 Å². The van der Waals surface area contributed by atoms with E-state index in [0.717, 1.165) is 16.9 Å². The van der Waals surface area contributed by atoms with Gasteiger partial charge in [0.2, 0.25) is 0 Å². The number of para-hydroxylation sites is 1. The molecule has 0 aliphatic heterocycles. The summed E-state index contributed by atoms with van der Waals surface area (Å²) in [5, 5.41) is -0.193. The number of methoxy groups -OCH3 is 1. The summed E-state index contributed by atoms with van der Waals surface area (Å²) in [5.41, 5.74) is 1.95. The van der Waals surface area contributed by atoms with Crippen molar-refractivity contribution in [3.8, 4) is 5.75 Å². The maximum Gasteiger partial charge on any atom is 0.123 e. The molecule has 1 atom stereocenters. The van der Waals surface area contributed by atoms with Crippen molar-refractivity contribution in [2.75, 3.05) is 7.11 Å². The maximum absolute atomic E-state index is 12.8. The first-order valence-corrected chi connectivity index (χ1v) is 6.16. The first kappa shape index (κ1) is 12.9. The highest BCUT2D eigenvalue weighted by atomic mass is 35.5. The Hall–Kier alpha value is -1.54. The van der Waals surface area contributed by atoms with Gasteiger partial charge in [-0.25, -0.2) is 4.39 Å². The summed E-state index contributed by atoms with van der Waals surface area (Å²) in [7, 11) is 1.64. The Bertz CT molecular complexity index is 510. The molecule has 0 N–H and O–H groups in total. The lowest BCUT2D eigenvalue weighted by atomic mass is 10.0. The van der Waals surface area contributed by atoms with Crippen molar-refractivity contribution in [3.63, 3.8) is 0 Å². The van der Waals surface area contributed by atoms with Crippen LogP contribution in [0.2, 0.25) is 0 Å². The SMILES string of the molecule is COc1ccccc1CC(Cl)c1ccc(F)cc1. The second kappa shape index (κ2) is 5.87. The molecule has 0 spiro atoms. The fourth-order valence-corrected chi connectivity index (χ4v) is 2.17. The van der Waals surface area contributed by atoms with E-state index in [2.05, 4.69) is 0 Å². The number of hydrogen-bond acceptors (Lipinski definition) is 1. The van der Waals surface area contributed by atoms with E-state index < -0.39 is 0 Å². The first-order valence-electron chi connectivity index (χ1n) is 5.72. The van der Waals surface area contributed by atoms with Crippen molar-refractivity contribution in [2.24, 2.45) is 0 Å². The number of ether oxygens (including phenoxy) is 1. The van der Waals surface area contributed by atoms with Crippen LogP contribution in [-0.4, -0.2) is 7.11 Å². The Morgan fingerprint density at radius 2 is 1.78 bits per heavy atom. The molecule has 0 saturated heterocycles. The highest BCUT2D eigenvalue weighted by Crippen LogP contribution is 2.29. The molecule has 18 heavy (non-hydrogen) atoms. The molecule has 1 nitrogen and oxygen atoms in total. The van der Waals surface area contributed by atoms with Crippen LogP contribution in [0.15, 0.2) is 48.5 Å².